The Hall–Kier alpha value is -1.77. The lowest BCUT2D eigenvalue weighted by molar-refractivity contribution is 0.124. The predicted octanol–water partition coefficient (Wildman–Crippen LogP) is 2.24. The second-order valence-corrected chi connectivity index (χ2v) is 9.96. The van der Waals surface area contributed by atoms with Crippen molar-refractivity contribution in [3.8, 4) is 0 Å². The predicted molar refractivity (Wildman–Crippen MR) is 107 cm³/mol. The Morgan fingerprint density at radius 2 is 1.82 bits per heavy atom. The maximum atomic E-state index is 11.6. The third-order valence-corrected chi connectivity index (χ3v) is 7.14. The second-order valence-electron chi connectivity index (χ2n) is 7.97. The number of hydrogen-bond acceptors (Lipinski definition) is 6. The Kier molecular flexibility index (Phi) is 5.80. The molecule has 0 saturated carbocycles. The van der Waals surface area contributed by atoms with E-state index in [1.807, 2.05) is 0 Å². The number of sulfonamides is 1. The highest BCUT2D eigenvalue weighted by molar-refractivity contribution is 7.88. The van der Waals surface area contributed by atoms with Crippen LogP contribution < -0.4 is 0 Å². The van der Waals surface area contributed by atoms with Gasteiger partial charge in [0.05, 0.1) is 12.2 Å². The zero-order chi connectivity index (χ0) is 19.6. The van der Waals surface area contributed by atoms with Gasteiger partial charge in [0, 0.05) is 32.1 Å². The lowest BCUT2D eigenvalue weighted by atomic mass is 9.97. The Morgan fingerprint density at radius 3 is 2.50 bits per heavy atom. The van der Waals surface area contributed by atoms with Crippen LogP contribution in [0.2, 0.25) is 0 Å². The van der Waals surface area contributed by atoms with Crippen LogP contribution in [-0.2, 0) is 16.4 Å². The van der Waals surface area contributed by atoms with Gasteiger partial charge >= 0.3 is 0 Å². The van der Waals surface area contributed by atoms with Gasteiger partial charge in [0.25, 0.3) is 0 Å². The maximum absolute atomic E-state index is 11.6. The molecule has 7 nitrogen and oxygen atoms in total. The van der Waals surface area contributed by atoms with E-state index >= 15 is 0 Å². The van der Waals surface area contributed by atoms with Gasteiger partial charge in [0.1, 0.15) is 0 Å². The molecule has 2 fully saturated rings. The van der Waals surface area contributed by atoms with Crippen molar-refractivity contribution in [2.24, 2.45) is 0 Å². The van der Waals surface area contributed by atoms with Crippen LogP contribution in [0.15, 0.2) is 34.9 Å². The molecule has 2 aliphatic heterocycles. The molecular weight excluding hydrogens is 376 g/mol. The van der Waals surface area contributed by atoms with Crippen molar-refractivity contribution in [3.63, 3.8) is 0 Å². The third-order valence-electron chi connectivity index (χ3n) is 5.83. The molecule has 3 heterocycles. The summed E-state index contributed by atoms with van der Waals surface area (Å²) in [7, 11) is -3.10. The monoisotopic (exact) mass is 404 g/mol. The van der Waals surface area contributed by atoms with E-state index in [9.17, 15) is 8.42 Å². The van der Waals surface area contributed by atoms with E-state index in [0.717, 1.165) is 57.0 Å². The molecule has 2 aromatic rings. The first-order valence-corrected chi connectivity index (χ1v) is 11.9. The number of rotatable bonds is 7. The molecule has 2 aliphatic rings. The van der Waals surface area contributed by atoms with Gasteiger partial charge in [-0.05, 0) is 37.8 Å². The molecule has 0 radical (unpaired) electrons. The highest BCUT2D eigenvalue weighted by atomic mass is 32.2. The van der Waals surface area contributed by atoms with Crippen molar-refractivity contribution in [2.75, 3.05) is 39.0 Å². The molecule has 0 amide bonds. The molecule has 0 bridgehead atoms. The SMILES string of the molecule is CS(=O)(=O)N1CCC(c2noc(C3CN(CCCc4ccccc4)C3)n2)CC1. The molecule has 0 atom stereocenters. The average molecular weight is 405 g/mol. The number of likely N-dealkylation sites (tertiary alicyclic amines) is 1. The third kappa shape index (κ3) is 4.61. The lowest BCUT2D eigenvalue weighted by Gasteiger charge is -2.37. The van der Waals surface area contributed by atoms with E-state index in [1.165, 1.54) is 16.1 Å². The fraction of sp³-hybridized carbons (Fsp3) is 0.600. The summed E-state index contributed by atoms with van der Waals surface area (Å²) in [6.45, 7) is 4.11. The molecule has 152 valence electrons. The number of piperidine rings is 1. The van der Waals surface area contributed by atoms with Crippen LogP contribution in [-0.4, -0.2) is 66.7 Å². The molecule has 1 aromatic heterocycles. The van der Waals surface area contributed by atoms with Crippen LogP contribution in [0.3, 0.4) is 0 Å². The fourth-order valence-electron chi connectivity index (χ4n) is 4.08. The number of aromatic nitrogens is 2. The number of nitrogens with zero attached hydrogens (tertiary/aromatic N) is 4. The first-order valence-electron chi connectivity index (χ1n) is 10.0. The molecule has 0 aliphatic carbocycles. The molecule has 0 unspecified atom stereocenters. The number of benzene rings is 1. The van der Waals surface area contributed by atoms with Gasteiger partial charge in [0.15, 0.2) is 5.82 Å². The summed E-state index contributed by atoms with van der Waals surface area (Å²) in [5.41, 5.74) is 1.39. The van der Waals surface area contributed by atoms with E-state index < -0.39 is 10.0 Å². The molecule has 0 spiro atoms. The van der Waals surface area contributed by atoms with E-state index in [1.54, 1.807) is 0 Å². The zero-order valence-electron chi connectivity index (χ0n) is 16.3. The Labute approximate surface area is 166 Å². The molecule has 28 heavy (non-hydrogen) atoms. The van der Waals surface area contributed by atoms with E-state index in [-0.39, 0.29) is 5.92 Å². The minimum atomic E-state index is -3.10. The molecule has 4 rings (SSSR count). The zero-order valence-corrected chi connectivity index (χ0v) is 17.1. The van der Waals surface area contributed by atoms with Crippen molar-refractivity contribution in [1.82, 2.24) is 19.3 Å². The molecule has 8 heteroatoms. The molecule has 0 N–H and O–H groups in total. The summed E-state index contributed by atoms with van der Waals surface area (Å²) in [6, 6.07) is 10.6. The molecule has 2 saturated heterocycles. The summed E-state index contributed by atoms with van der Waals surface area (Å²) >= 11 is 0. The quantitative estimate of drug-likeness (QED) is 0.704. The number of hydrogen-bond donors (Lipinski definition) is 0. The van der Waals surface area contributed by atoms with Gasteiger partial charge in [-0.3, -0.25) is 0 Å². The number of aryl methyl sites for hydroxylation is 1. The fourth-order valence-corrected chi connectivity index (χ4v) is 4.96. The van der Waals surface area contributed by atoms with Gasteiger partial charge in [-0.1, -0.05) is 35.5 Å². The van der Waals surface area contributed by atoms with Crippen molar-refractivity contribution in [3.05, 3.63) is 47.6 Å². The second kappa shape index (κ2) is 8.31. The highest BCUT2D eigenvalue weighted by Crippen LogP contribution is 2.30. The highest BCUT2D eigenvalue weighted by Gasteiger charge is 2.34. The van der Waals surface area contributed by atoms with Crippen molar-refractivity contribution >= 4 is 10.0 Å². The Balaban J connectivity index is 1.21. The summed E-state index contributed by atoms with van der Waals surface area (Å²) in [5.74, 6) is 2.00. The normalized spacial score (nSPS) is 20.3. The van der Waals surface area contributed by atoms with E-state index in [0.29, 0.717) is 19.0 Å². The van der Waals surface area contributed by atoms with Crippen molar-refractivity contribution in [2.45, 2.75) is 37.5 Å². The standard InChI is InChI=1S/C20H28N4O3S/c1-28(25,26)24-12-9-17(10-13-24)19-21-20(27-22-19)18-14-23(15-18)11-5-8-16-6-3-2-4-7-16/h2-4,6-7,17-18H,5,8-15H2,1H3. The van der Waals surface area contributed by atoms with Crippen LogP contribution >= 0.6 is 0 Å². The lowest BCUT2D eigenvalue weighted by Crippen LogP contribution is -2.45. The van der Waals surface area contributed by atoms with Gasteiger partial charge in [-0.2, -0.15) is 4.98 Å². The largest absolute Gasteiger partial charge is 0.339 e. The topological polar surface area (TPSA) is 79.5 Å². The summed E-state index contributed by atoms with van der Waals surface area (Å²) in [4.78, 5) is 7.07. The van der Waals surface area contributed by atoms with E-state index in [2.05, 4.69) is 45.4 Å². The minimum absolute atomic E-state index is 0.192. The van der Waals surface area contributed by atoms with Crippen LogP contribution in [0.1, 0.15) is 48.4 Å². The smallest absolute Gasteiger partial charge is 0.232 e. The summed E-state index contributed by atoms with van der Waals surface area (Å²) in [6.07, 6.45) is 5.04. The Morgan fingerprint density at radius 1 is 1.11 bits per heavy atom. The summed E-state index contributed by atoms with van der Waals surface area (Å²) in [5, 5.41) is 4.18. The summed E-state index contributed by atoms with van der Waals surface area (Å²) < 4.78 is 30.3. The minimum Gasteiger partial charge on any atom is -0.339 e. The molecular formula is C20H28N4O3S. The van der Waals surface area contributed by atoms with Gasteiger partial charge in [-0.25, -0.2) is 12.7 Å². The van der Waals surface area contributed by atoms with Crippen LogP contribution in [0.5, 0.6) is 0 Å². The van der Waals surface area contributed by atoms with E-state index in [4.69, 9.17) is 4.52 Å². The Bertz CT molecular complexity index is 870. The van der Waals surface area contributed by atoms with Gasteiger partial charge in [0.2, 0.25) is 15.9 Å². The molecule has 1 aromatic carbocycles. The van der Waals surface area contributed by atoms with Crippen molar-refractivity contribution in [1.29, 1.82) is 0 Å². The van der Waals surface area contributed by atoms with Crippen LogP contribution in [0, 0.1) is 0 Å². The van der Waals surface area contributed by atoms with Crippen LogP contribution in [0.4, 0.5) is 0 Å². The first kappa shape index (κ1) is 19.5. The maximum Gasteiger partial charge on any atom is 0.232 e. The average Bonchev–Trinajstić information content (AvgIpc) is 3.13. The first-order chi connectivity index (χ1) is 13.5. The van der Waals surface area contributed by atoms with Crippen LogP contribution in [0.25, 0.3) is 0 Å². The van der Waals surface area contributed by atoms with Gasteiger partial charge in [-0.15, -0.1) is 0 Å². The van der Waals surface area contributed by atoms with Crippen molar-refractivity contribution < 1.29 is 12.9 Å². The van der Waals surface area contributed by atoms with Gasteiger partial charge < -0.3 is 9.42 Å².